The molecule has 0 unspecified atom stereocenters. The van der Waals surface area contributed by atoms with Gasteiger partial charge in [-0.3, -0.25) is 5.32 Å². The van der Waals surface area contributed by atoms with Crippen molar-refractivity contribution in [2.24, 2.45) is 0 Å². The molecular formula is C22H20ClF3N6O5S2. The second kappa shape index (κ2) is 10.3. The maximum absolute atomic E-state index is 13.8. The lowest BCUT2D eigenvalue weighted by Gasteiger charge is -2.22. The molecule has 0 atom stereocenters. The van der Waals surface area contributed by atoms with Gasteiger partial charge >= 0.3 is 12.3 Å². The maximum Gasteiger partial charge on any atom is 0.433 e. The Balaban J connectivity index is 1.63. The Morgan fingerprint density at radius 3 is 2.49 bits per heavy atom. The number of aliphatic hydroxyl groups excluding tert-OH is 1. The number of hydrogen-bond acceptors (Lipinski definition) is 9. The number of benzene rings is 1. The van der Waals surface area contributed by atoms with Crippen molar-refractivity contribution in [2.45, 2.75) is 36.7 Å². The van der Waals surface area contributed by atoms with E-state index in [1.807, 2.05) is 0 Å². The van der Waals surface area contributed by atoms with Crippen molar-refractivity contribution in [3.63, 3.8) is 0 Å². The molecule has 1 aromatic carbocycles. The van der Waals surface area contributed by atoms with Gasteiger partial charge in [0.25, 0.3) is 10.0 Å². The van der Waals surface area contributed by atoms with Gasteiger partial charge in [0.15, 0.2) is 26.4 Å². The number of anilines is 1. The molecule has 3 aromatic heterocycles. The van der Waals surface area contributed by atoms with E-state index in [2.05, 4.69) is 25.1 Å². The second-order valence-electron chi connectivity index (χ2n) is 8.83. The Labute approximate surface area is 228 Å². The van der Waals surface area contributed by atoms with Crippen molar-refractivity contribution in [1.82, 2.24) is 24.3 Å². The number of aryl methyl sites for hydroxylation is 1. The summed E-state index contributed by atoms with van der Waals surface area (Å²) in [6.45, 7) is 3.89. The van der Waals surface area contributed by atoms with Crippen LogP contribution in [0.15, 0.2) is 40.7 Å². The number of thiazole rings is 1. The van der Waals surface area contributed by atoms with Crippen LogP contribution in [0.3, 0.4) is 0 Å². The molecule has 11 nitrogen and oxygen atoms in total. The van der Waals surface area contributed by atoms with Crippen LogP contribution >= 0.6 is 22.9 Å². The molecule has 0 aliphatic carbocycles. The van der Waals surface area contributed by atoms with E-state index in [1.54, 1.807) is 0 Å². The number of rotatable bonds is 7. The summed E-state index contributed by atoms with van der Waals surface area (Å²) in [7, 11) is -4.09. The van der Waals surface area contributed by atoms with Crippen molar-refractivity contribution >= 4 is 49.8 Å². The van der Waals surface area contributed by atoms with E-state index >= 15 is 0 Å². The fourth-order valence-corrected chi connectivity index (χ4v) is 6.26. The molecule has 3 heterocycles. The number of carbonyl (C=O) groups excluding carboxylic acids is 1. The zero-order valence-electron chi connectivity index (χ0n) is 20.4. The van der Waals surface area contributed by atoms with Crippen molar-refractivity contribution in [3.8, 4) is 17.0 Å². The normalized spacial score (nSPS) is 12.6. The standard InChI is InChI=1S/C22H20ClF3N6O5S2/c1-11-18(39(35,36)31-21(2,3)10-33)38-19(28-11)30-20(34)37-15-9-27-32-16(22(24,25)26)8-14(29-17(15)32)12-4-6-13(23)7-5-12/h4-9,31,33H,10H2,1-3H3,(H,28,30,34). The molecule has 39 heavy (non-hydrogen) atoms. The lowest BCUT2D eigenvalue weighted by molar-refractivity contribution is -0.142. The molecule has 0 fully saturated rings. The van der Waals surface area contributed by atoms with Gasteiger partial charge in [0.1, 0.15) is 0 Å². The summed E-state index contributed by atoms with van der Waals surface area (Å²) in [6, 6.07) is 6.75. The molecule has 0 bridgehead atoms. The van der Waals surface area contributed by atoms with Crippen molar-refractivity contribution in [1.29, 1.82) is 0 Å². The molecule has 0 aliphatic heterocycles. The largest absolute Gasteiger partial charge is 0.433 e. The molecule has 0 radical (unpaired) electrons. The molecule has 0 saturated carbocycles. The van der Waals surface area contributed by atoms with Gasteiger partial charge in [-0.2, -0.15) is 18.3 Å². The fourth-order valence-electron chi connectivity index (χ4n) is 3.33. The van der Waals surface area contributed by atoms with Crippen molar-refractivity contribution in [3.05, 3.63) is 52.9 Å². The number of alkyl halides is 3. The van der Waals surface area contributed by atoms with Crippen LogP contribution in [-0.2, 0) is 16.2 Å². The Kier molecular flexibility index (Phi) is 7.61. The van der Waals surface area contributed by atoms with Gasteiger partial charge < -0.3 is 9.84 Å². The van der Waals surface area contributed by atoms with Gasteiger partial charge in [-0.15, -0.1) is 0 Å². The first-order valence-electron chi connectivity index (χ1n) is 10.9. The fraction of sp³-hybridized carbons (Fsp3) is 0.273. The van der Waals surface area contributed by atoms with Gasteiger partial charge in [0, 0.05) is 10.6 Å². The number of ether oxygens (including phenoxy) is 1. The number of nitrogens with one attached hydrogen (secondary N) is 2. The summed E-state index contributed by atoms with van der Waals surface area (Å²) < 4.78 is 74.6. The number of amides is 1. The summed E-state index contributed by atoms with van der Waals surface area (Å²) in [5.74, 6) is -0.388. The third-order valence-electron chi connectivity index (χ3n) is 5.09. The molecule has 0 aliphatic rings. The van der Waals surface area contributed by atoms with Gasteiger partial charge in [0.2, 0.25) is 0 Å². The molecule has 3 N–H and O–H groups in total. The van der Waals surface area contributed by atoms with E-state index in [0.717, 1.165) is 12.3 Å². The summed E-state index contributed by atoms with van der Waals surface area (Å²) in [6.07, 6.45) is -5.09. The number of aliphatic hydroxyl groups is 1. The Bertz CT molecular complexity index is 1650. The zero-order chi connectivity index (χ0) is 28.8. The van der Waals surface area contributed by atoms with Crippen LogP contribution in [0.4, 0.5) is 23.1 Å². The summed E-state index contributed by atoms with van der Waals surface area (Å²) >= 11 is 6.49. The number of nitrogens with zero attached hydrogens (tertiary/aromatic N) is 4. The molecule has 4 aromatic rings. The van der Waals surface area contributed by atoms with Gasteiger partial charge in [-0.1, -0.05) is 35.1 Å². The maximum atomic E-state index is 13.8. The van der Waals surface area contributed by atoms with Crippen LogP contribution in [0.1, 0.15) is 25.2 Å². The number of aromatic nitrogens is 4. The average Bonchev–Trinajstić information content (AvgIpc) is 3.41. The first-order valence-corrected chi connectivity index (χ1v) is 13.6. The smallest absolute Gasteiger partial charge is 0.404 e. The molecule has 0 spiro atoms. The molecule has 17 heteroatoms. The van der Waals surface area contributed by atoms with E-state index in [0.29, 0.717) is 26.4 Å². The minimum Gasteiger partial charge on any atom is -0.404 e. The van der Waals surface area contributed by atoms with Crippen LogP contribution in [0.25, 0.3) is 16.9 Å². The third-order valence-corrected chi connectivity index (χ3v) is 8.72. The summed E-state index contributed by atoms with van der Waals surface area (Å²) in [5, 5.41) is 15.5. The summed E-state index contributed by atoms with van der Waals surface area (Å²) in [4.78, 5) is 20.8. The Morgan fingerprint density at radius 1 is 1.21 bits per heavy atom. The van der Waals surface area contributed by atoms with Crippen molar-refractivity contribution < 1.29 is 36.2 Å². The number of fused-ring (bicyclic) bond motifs is 1. The van der Waals surface area contributed by atoms with Gasteiger partial charge in [0.05, 0.1) is 29.7 Å². The number of carbonyl (C=O) groups is 1. The first kappa shape index (κ1) is 28.7. The molecule has 1 amide bonds. The lowest BCUT2D eigenvalue weighted by Crippen LogP contribution is -2.46. The highest BCUT2D eigenvalue weighted by atomic mass is 35.5. The minimum absolute atomic E-state index is 0.0663. The number of sulfonamides is 1. The molecular weight excluding hydrogens is 585 g/mol. The van der Waals surface area contributed by atoms with Crippen LogP contribution in [-0.4, -0.2) is 51.3 Å². The molecule has 208 valence electrons. The van der Waals surface area contributed by atoms with E-state index in [1.165, 1.54) is 45.0 Å². The highest BCUT2D eigenvalue weighted by Gasteiger charge is 2.36. The SMILES string of the molecule is Cc1nc(NC(=O)Oc2cnn3c(C(F)(F)F)cc(-c4ccc(Cl)cc4)nc23)sc1S(=O)(=O)NC(C)(C)CO. The topological polar surface area (TPSA) is 148 Å². The predicted octanol–water partition coefficient (Wildman–Crippen LogP) is 4.49. The van der Waals surface area contributed by atoms with E-state index in [-0.39, 0.29) is 32.1 Å². The van der Waals surface area contributed by atoms with Crippen LogP contribution in [0.5, 0.6) is 5.75 Å². The number of hydrogen-bond donors (Lipinski definition) is 3. The van der Waals surface area contributed by atoms with E-state index < -0.39 is 40.1 Å². The average molecular weight is 605 g/mol. The van der Waals surface area contributed by atoms with Crippen LogP contribution in [0.2, 0.25) is 5.02 Å². The Hall–Kier alpha value is -3.31. The highest BCUT2D eigenvalue weighted by Crippen LogP contribution is 2.35. The van der Waals surface area contributed by atoms with Crippen LogP contribution < -0.4 is 14.8 Å². The quantitative estimate of drug-likeness (QED) is 0.279. The van der Waals surface area contributed by atoms with Gasteiger partial charge in [-0.25, -0.2) is 32.4 Å². The Morgan fingerprint density at radius 2 is 1.87 bits per heavy atom. The molecule has 0 saturated heterocycles. The zero-order valence-corrected chi connectivity index (χ0v) is 22.8. The predicted molar refractivity (Wildman–Crippen MR) is 136 cm³/mol. The third kappa shape index (κ3) is 6.30. The second-order valence-corrected chi connectivity index (χ2v) is 12.1. The molecule has 4 rings (SSSR count). The first-order chi connectivity index (χ1) is 18.1. The van der Waals surface area contributed by atoms with Gasteiger partial charge in [-0.05, 0) is 39.0 Å². The number of halogens is 4. The highest BCUT2D eigenvalue weighted by molar-refractivity contribution is 7.91. The summed E-state index contributed by atoms with van der Waals surface area (Å²) in [5.41, 5.74) is -2.37. The van der Waals surface area contributed by atoms with E-state index in [9.17, 15) is 31.5 Å². The van der Waals surface area contributed by atoms with Crippen molar-refractivity contribution in [2.75, 3.05) is 11.9 Å². The minimum atomic E-state index is -4.81. The monoisotopic (exact) mass is 604 g/mol. The van der Waals surface area contributed by atoms with Crippen LogP contribution in [0, 0.1) is 6.92 Å². The lowest BCUT2D eigenvalue weighted by atomic mass is 10.1. The van der Waals surface area contributed by atoms with E-state index in [4.69, 9.17) is 16.3 Å².